The second kappa shape index (κ2) is 7.63. The van der Waals surface area contributed by atoms with E-state index in [0.29, 0.717) is 23.2 Å². The first-order chi connectivity index (χ1) is 11.0. The fraction of sp³-hybridized carbons (Fsp3) is 0.278. The van der Waals surface area contributed by atoms with Gasteiger partial charge in [-0.1, -0.05) is 6.07 Å². The smallest absolute Gasteiger partial charge is 0.220 e. The van der Waals surface area contributed by atoms with Crippen molar-refractivity contribution in [2.45, 2.75) is 33.2 Å². The van der Waals surface area contributed by atoms with Crippen LogP contribution in [0.5, 0.6) is 0 Å². The van der Waals surface area contributed by atoms with Crippen molar-refractivity contribution >= 4 is 11.7 Å². The third kappa shape index (κ3) is 4.71. The number of aryl methyl sites for hydroxylation is 2. The molecule has 2 rings (SSSR count). The summed E-state index contributed by atoms with van der Waals surface area (Å²) in [6.07, 6.45) is 3.55. The van der Waals surface area contributed by atoms with Crippen molar-refractivity contribution < 1.29 is 14.0 Å². The molecule has 0 spiro atoms. The normalized spacial score (nSPS) is 10.4. The average molecular weight is 314 g/mol. The Balaban J connectivity index is 1.85. The molecule has 0 unspecified atom stereocenters. The van der Waals surface area contributed by atoms with E-state index in [4.69, 9.17) is 0 Å². The lowest BCUT2D eigenvalue weighted by molar-refractivity contribution is -0.121. The Kier molecular flexibility index (Phi) is 5.57. The van der Waals surface area contributed by atoms with E-state index in [0.717, 1.165) is 5.56 Å². The van der Waals surface area contributed by atoms with Gasteiger partial charge in [-0.05, 0) is 48.7 Å². The van der Waals surface area contributed by atoms with E-state index in [1.54, 1.807) is 32.3 Å². The maximum Gasteiger partial charge on any atom is 0.220 e. The molecule has 23 heavy (non-hydrogen) atoms. The number of hydrogen-bond acceptors (Lipinski definition) is 3. The lowest BCUT2D eigenvalue weighted by atomic mass is 10.0. The van der Waals surface area contributed by atoms with Crippen molar-refractivity contribution in [3.05, 3.63) is 64.7 Å². The summed E-state index contributed by atoms with van der Waals surface area (Å²) in [6.45, 7) is 3.63. The third-order valence-corrected chi connectivity index (χ3v) is 3.55. The van der Waals surface area contributed by atoms with Gasteiger partial charge in [-0.3, -0.25) is 14.6 Å². The molecule has 1 aromatic carbocycles. The molecule has 0 fully saturated rings. The first kappa shape index (κ1) is 16.8. The minimum absolute atomic E-state index is 0.101. The molecule has 0 radical (unpaired) electrons. The number of nitrogens with one attached hydrogen (secondary N) is 1. The highest BCUT2D eigenvalue weighted by Crippen LogP contribution is 2.16. The number of benzene rings is 1. The molecule has 2 aromatic rings. The van der Waals surface area contributed by atoms with Crippen LogP contribution in [-0.2, 0) is 11.3 Å². The second-order valence-electron chi connectivity index (χ2n) is 5.49. The summed E-state index contributed by atoms with van der Waals surface area (Å²) in [5.41, 5.74) is 2.22. The molecule has 4 nitrogen and oxygen atoms in total. The van der Waals surface area contributed by atoms with Crippen molar-refractivity contribution in [2.24, 2.45) is 0 Å². The van der Waals surface area contributed by atoms with Gasteiger partial charge in [0.15, 0.2) is 5.78 Å². The monoisotopic (exact) mass is 314 g/mol. The minimum atomic E-state index is -0.296. The van der Waals surface area contributed by atoms with Crippen LogP contribution in [0.4, 0.5) is 4.39 Å². The molecule has 5 heteroatoms. The molecular formula is C18H19FN2O2. The molecular weight excluding hydrogens is 295 g/mol. The number of halogens is 1. The summed E-state index contributed by atoms with van der Waals surface area (Å²) in [5.74, 6) is -0.652. The summed E-state index contributed by atoms with van der Waals surface area (Å²) in [5, 5.41) is 2.75. The predicted octanol–water partition coefficient (Wildman–Crippen LogP) is 3.12. The maximum absolute atomic E-state index is 13.6. The molecule has 0 aliphatic heterocycles. The Morgan fingerprint density at radius 1 is 1.17 bits per heavy atom. The number of ketones is 1. The van der Waals surface area contributed by atoms with Crippen LogP contribution >= 0.6 is 0 Å². The van der Waals surface area contributed by atoms with E-state index >= 15 is 0 Å². The number of amides is 1. The predicted molar refractivity (Wildman–Crippen MR) is 85.5 cm³/mol. The molecule has 0 bridgehead atoms. The molecule has 1 N–H and O–H groups in total. The van der Waals surface area contributed by atoms with Crippen LogP contribution in [0, 0.1) is 19.7 Å². The van der Waals surface area contributed by atoms with Crippen molar-refractivity contribution in [3.63, 3.8) is 0 Å². The molecule has 0 aliphatic rings. The zero-order valence-electron chi connectivity index (χ0n) is 13.2. The topological polar surface area (TPSA) is 59.1 Å². The zero-order valence-corrected chi connectivity index (χ0v) is 13.2. The number of carbonyl (C=O) groups is 2. The van der Waals surface area contributed by atoms with E-state index < -0.39 is 0 Å². The second-order valence-corrected chi connectivity index (χ2v) is 5.49. The summed E-state index contributed by atoms with van der Waals surface area (Å²) in [4.78, 5) is 27.9. The number of pyridine rings is 1. The molecule has 120 valence electrons. The maximum atomic E-state index is 13.6. The lowest BCUT2D eigenvalue weighted by Gasteiger charge is -2.07. The Hall–Kier alpha value is -2.56. The summed E-state index contributed by atoms with van der Waals surface area (Å²) in [7, 11) is 0. The highest BCUT2D eigenvalue weighted by atomic mass is 19.1. The van der Waals surface area contributed by atoms with Crippen molar-refractivity contribution in [3.8, 4) is 0 Å². The first-order valence-electron chi connectivity index (χ1n) is 7.43. The van der Waals surface area contributed by atoms with Crippen molar-refractivity contribution in [1.29, 1.82) is 0 Å². The van der Waals surface area contributed by atoms with E-state index in [-0.39, 0.29) is 30.3 Å². The average Bonchev–Trinajstić information content (AvgIpc) is 2.56. The number of carbonyl (C=O) groups excluding carboxylic acids is 2. The van der Waals surface area contributed by atoms with Crippen LogP contribution in [0.25, 0.3) is 0 Å². The summed E-state index contributed by atoms with van der Waals surface area (Å²) in [6, 6.07) is 6.71. The van der Waals surface area contributed by atoms with Gasteiger partial charge in [0.1, 0.15) is 5.82 Å². The van der Waals surface area contributed by atoms with Crippen LogP contribution in [0.2, 0.25) is 0 Å². The summed E-state index contributed by atoms with van der Waals surface area (Å²) < 4.78 is 13.6. The van der Waals surface area contributed by atoms with Crippen LogP contribution in [-0.4, -0.2) is 16.7 Å². The Morgan fingerprint density at radius 2 is 1.87 bits per heavy atom. The van der Waals surface area contributed by atoms with E-state index in [1.165, 1.54) is 12.1 Å². The number of hydrogen-bond donors (Lipinski definition) is 1. The minimum Gasteiger partial charge on any atom is -0.352 e. The molecule has 0 saturated heterocycles. The van der Waals surface area contributed by atoms with Crippen LogP contribution < -0.4 is 5.32 Å². The fourth-order valence-electron chi connectivity index (χ4n) is 2.27. The Bertz CT molecular complexity index is 691. The third-order valence-electron chi connectivity index (χ3n) is 3.55. The van der Waals surface area contributed by atoms with Gasteiger partial charge in [0.25, 0.3) is 0 Å². The molecule has 1 heterocycles. The molecule has 1 aromatic heterocycles. The van der Waals surface area contributed by atoms with Gasteiger partial charge in [0.2, 0.25) is 5.91 Å². The number of rotatable bonds is 6. The zero-order chi connectivity index (χ0) is 16.8. The van der Waals surface area contributed by atoms with Gasteiger partial charge in [0.05, 0.1) is 0 Å². The quantitative estimate of drug-likeness (QED) is 0.833. The molecule has 0 saturated carbocycles. The van der Waals surface area contributed by atoms with Gasteiger partial charge in [0, 0.05) is 37.3 Å². The number of aromatic nitrogens is 1. The molecule has 0 atom stereocenters. The van der Waals surface area contributed by atoms with E-state index in [9.17, 15) is 14.0 Å². The van der Waals surface area contributed by atoms with E-state index in [1.807, 2.05) is 6.07 Å². The molecule has 1 amide bonds. The highest BCUT2D eigenvalue weighted by Gasteiger charge is 2.12. The SMILES string of the molecule is Cc1cc(C(=O)CCC(=O)NCc2cccnc2)cc(C)c1F. The highest BCUT2D eigenvalue weighted by molar-refractivity contribution is 5.98. The number of nitrogens with zero attached hydrogens (tertiary/aromatic N) is 1. The first-order valence-corrected chi connectivity index (χ1v) is 7.43. The fourth-order valence-corrected chi connectivity index (χ4v) is 2.27. The van der Waals surface area contributed by atoms with Gasteiger partial charge < -0.3 is 5.32 Å². The van der Waals surface area contributed by atoms with Crippen LogP contribution in [0.3, 0.4) is 0 Å². The Morgan fingerprint density at radius 3 is 2.48 bits per heavy atom. The Labute approximate surface area is 134 Å². The van der Waals surface area contributed by atoms with Gasteiger partial charge >= 0.3 is 0 Å². The molecule has 0 aliphatic carbocycles. The van der Waals surface area contributed by atoms with Gasteiger partial charge in [-0.25, -0.2) is 4.39 Å². The van der Waals surface area contributed by atoms with Gasteiger partial charge in [-0.15, -0.1) is 0 Å². The standard InChI is InChI=1S/C18H19FN2O2/c1-12-8-15(9-13(2)18(12)19)16(22)5-6-17(23)21-11-14-4-3-7-20-10-14/h3-4,7-10H,5-6,11H2,1-2H3,(H,21,23). The number of Topliss-reactive ketones (excluding diaryl/α,β-unsaturated/α-hetero) is 1. The van der Waals surface area contributed by atoms with Crippen molar-refractivity contribution in [1.82, 2.24) is 10.3 Å². The lowest BCUT2D eigenvalue weighted by Crippen LogP contribution is -2.23. The van der Waals surface area contributed by atoms with Crippen LogP contribution in [0.1, 0.15) is 39.9 Å². The van der Waals surface area contributed by atoms with Gasteiger partial charge in [-0.2, -0.15) is 0 Å². The largest absolute Gasteiger partial charge is 0.352 e. The van der Waals surface area contributed by atoms with Crippen molar-refractivity contribution in [2.75, 3.05) is 0 Å². The van der Waals surface area contributed by atoms with Crippen LogP contribution in [0.15, 0.2) is 36.7 Å². The van der Waals surface area contributed by atoms with E-state index in [2.05, 4.69) is 10.3 Å². The summed E-state index contributed by atoms with van der Waals surface area (Å²) >= 11 is 0.